The standard InChI is InChI=1S/C15H21NO/c1-6-15(2,3)14(16(4)5)13(17)12-10-8-7-9-11-12/h6-11,14H,1H2,2-5H3. The van der Waals surface area contributed by atoms with Gasteiger partial charge in [-0.1, -0.05) is 50.3 Å². The van der Waals surface area contributed by atoms with E-state index in [1.807, 2.05) is 69.3 Å². The Hall–Kier alpha value is -1.41. The Balaban J connectivity index is 3.10. The summed E-state index contributed by atoms with van der Waals surface area (Å²) in [4.78, 5) is 14.5. The monoisotopic (exact) mass is 231 g/mol. The second-order valence-corrected chi connectivity index (χ2v) is 5.12. The molecule has 0 bridgehead atoms. The van der Waals surface area contributed by atoms with Crippen molar-refractivity contribution in [3.8, 4) is 0 Å². The maximum absolute atomic E-state index is 12.5. The third kappa shape index (κ3) is 3.04. The van der Waals surface area contributed by atoms with Gasteiger partial charge >= 0.3 is 0 Å². The van der Waals surface area contributed by atoms with E-state index in [0.29, 0.717) is 0 Å². The SMILES string of the molecule is C=CC(C)(C)C(C(=O)c1ccccc1)N(C)C. The Morgan fingerprint density at radius 1 is 1.29 bits per heavy atom. The molecule has 0 radical (unpaired) electrons. The van der Waals surface area contributed by atoms with Crippen LogP contribution in [0.2, 0.25) is 0 Å². The fourth-order valence-corrected chi connectivity index (χ4v) is 2.11. The second-order valence-electron chi connectivity index (χ2n) is 5.12. The van der Waals surface area contributed by atoms with E-state index in [1.165, 1.54) is 0 Å². The second kappa shape index (κ2) is 5.28. The van der Waals surface area contributed by atoms with Crippen molar-refractivity contribution in [2.24, 2.45) is 5.41 Å². The molecule has 2 nitrogen and oxygen atoms in total. The highest BCUT2D eigenvalue weighted by atomic mass is 16.1. The van der Waals surface area contributed by atoms with Gasteiger partial charge in [0.15, 0.2) is 5.78 Å². The first-order valence-corrected chi connectivity index (χ1v) is 5.79. The maximum atomic E-state index is 12.5. The molecule has 1 atom stereocenters. The molecule has 1 unspecified atom stereocenters. The van der Waals surface area contributed by atoms with Gasteiger partial charge in [0, 0.05) is 11.0 Å². The average Bonchev–Trinajstić information content (AvgIpc) is 2.29. The molecule has 0 fully saturated rings. The van der Waals surface area contributed by atoms with Crippen LogP contribution < -0.4 is 0 Å². The summed E-state index contributed by atoms with van der Waals surface area (Å²) in [6.45, 7) is 7.90. The third-order valence-electron chi connectivity index (χ3n) is 3.05. The molecule has 2 heteroatoms. The zero-order valence-electron chi connectivity index (χ0n) is 11.1. The molecule has 0 amide bonds. The summed E-state index contributed by atoms with van der Waals surface area (Å²) >= 11 is 0. The van der Waals surface area contributed by atoms with Crippen LogP contribution >= 0.6 is 0 Å². The van der Waals surface area contributed by atoms with Gasteiger partial charge in [0.05, 0.1) is 6.04 Å². The van der Waals surface area contributed by atoms with Crippen molar-refractivity contribution in [3.63, 3.8) is 0 Å². The fourth-order valence-electron chi connectivity index (χ4n) is 2.11. The highest BCUT2D eigenvalue weighted by Gasteiger charge is 2.34. The minimum Gasteiger partial charge on any atom is -0.299 e. The number of ketones is 1. The van der Waals surface area contributed by atoms with Gasteiger partial charge in [0.2, 0.25) is 0 Å². The predicted molar refractivity (Wildman–Crippen MR) is 72.2 cm³/mol. The normalized spacial score (nSPS) is 13.5. The van der Waals surface area contributed by atoms with Crippen molar-refractivity contribution in [1.29, 1.82) is 0 Å². The number of rotatable bonds is 5. The molecule has 0 aliphatic heterocycles. The molecule has 1 rings (SSSR count). The summed E-state index contributed by atoms with van der Waals surface area (Å²) in [7, 11) is 3.85. The molecule has 0 saturated heterocycles. The Morgan fingerprint density at radius 2 is 1.82 bits per heavy atom. The van der Waals surface area contributed by atoms with E-state index in [-0.39, 0.29) is 17.2 Å². The molecular formula is C15H21NO. The quantitative estimate of drug-likeness (QED) is 0.573. The predicted octanol–water partition coefficient (Wildman–Crippen LogP) is 3.01. The average molecular weight is 231 g/mol. The Kier molecular flexibility index (Phi) is 4.24. The zero-order valence-corrected chi connectivity index (χ0v) is 11.1. The number of nitrogens with zero attached hydrogens (tertiary/aromatic N) is 1. The Bertz CT molecular complexity index is 393. The van der Waals surface area contributed by atoms with Crippen molar-refractivity contribution in [2.45, 2.75) is 19.9 Å². The van der Waals surface area contributed by atoms with Gasteiger partial charge in [0.25, 0.3) is 0 Å². The first kappa shape index (κ1) is 13.7. The first-order valence-electron chi connectivity index (χ1n) is 5.79. The van der Waals surface area contributed by atoms with E-state index in [0.717, 1.165) is 5.56 Å². The lowest BCUT2D eigenvalue weighted by atomic mass is 9.80. The van der Waals surface area contributed by atoms with Crippen molar-refractivity contribution in [3.05, 3.63) is 48.6 Å². The number of carbonyl (C=O) groups excluding carboxylic acids is 1. The Morgan fingerprint density at radius 3 is 2.24 bits per heavy atom. The number of hydrogen-bond acceptors (Lipinski definition) is 2. The van der Waals surface area contributed by atoms with Crippen LogP contribution in [0.1, 0.15) is 24.2 Å². The molecule has 0 aromatic heterocycles. The van der Waals surface area contributed by atoms with E-state index in [9.17, 15) is 4.79 Å². The first-order chi connectivity index (χ1) is 7.90. The van der Waals surface area contributed by atoms with Crippen LogP contribution in [0.15, 0.2) is 43.0 Å². The zero-order chi connectivity index (χ0) is 13.1. The van der Waals surface area contributed by atoms with Crippen LogP contribution in [0, 0.1) is 5.41 Å². The van der Waals surface area contributed by atoms with Crippen molar-refractivity contribution in [1.82, 2.24) is 4.90 Å². The highest BCUT2D eigenvalue weighted by Crippen LogP contribution is 2.27. The van der Waals surface area contributed by atoms with Crippen molar-refractivity contribution < 1.29 is 4.79 Å². The van der Waals surface area contributed by atoms with Crippen LogP contribution in [0.4, 0.5) is 0 Å². The molecule has 1 aromatic carbocycles. The lowest BCUT2D eigenvalue weighted by Crippen LogP contribution is -2.46. The van der Waals surface area contributed by atoms with E-state index in [1.54, 1.807) is 0 Å². The van der Waals surface area contributed by atoms with E-state index in [2.05, 4.69) is 6.58 Å². The van der Waals surface area contributed by atoms with Gasteiger partial charge < -0.3 is 0 Å². The van der Waals surface area contributed by atoms with Gasteiger partial charge in [0.1, 0.15) is 0 Å². The smallest absolute Gasteiger partial charge is 0.180 e. The minimum atomic E-state index is -0.254. The minimum absolute atomic E-state index is 0.139. The van der Waals surface area contributed by atoms with E-state index >= 15 is 0 Å². The van der Waals surface area contributed by atoms with Gasteiger partial charge in [-0.05, 0) is 14.1 Å². The largest absolute Gasteiger partial charge is 0.299 e. The van der Waals surface area contributed by atoms with Crippen molar-refractivity contribution >= 4 is 5.78 Å². The molecular weight excluding hydrogens is 210 g/mol. The molecule has 0 aliphatic carbocycles. The van der Waals surface area contributed by atoms with Crippen LogP contribution in [0.3, 0.4) is 0 Å². The summed E-state index contributed by atoms with van der Waals surface area (Å²) < 4.78 is 0. The molecule has 92 valence electrons. The van der Waals surface area contributed by atoms with Gasteiger partial charge in [-0.25, -0.2) is 0 Å². The van der Waals surface area contributed by atoms with Crippen LogP contribution in [0.5, 0.6) is 0 Å². The van der Waals surface area contributed by atoms with Crippen LogP contribution in [-0.4, -0.2) is 30.8 Å². The number of hydrogen-bond donors (Lipinski definition) is 0. The summed E-state index contributed by atoms with van der Waals surface area (Å²) in [5, 5.41) is 0. The third-order valence-corrected chi connectivity index (χ3v) is 3.05. The number of benzene rings is 1. The summed E-state index contributed by atoms with van der Waals surface area (Å²) in [6, 6.07) is 9.22. The molecule has 1 aromatic rings. The van der Waals surface area contributed by atoms with Gasteiger partial charge in [-0.3, -0.25) is 9.69 Å². The molecule has 0 N–H and O–H groups in total. The lowest BCUT2D eigenvalue weighted by Gasteiger charge is -2.35. The Labute approximate surface area is 104 Å². The van der Waals surface area contributed by atoms with Crippen LogP contribution in [0.25, 0.3) is 0 Å². The molecule has 0 aliphatic rings. The molecule has 0 saturated carbocycles. The number of likely N-dealkylation sites (N-methyl/N-ethyl adjacent to an activating group) is 1. The highest BCUT2D eigenvalue weighted by molar-refractivity contribution is 6.00. The number of Topliss-reactive ketones (excluding diaryl/α,β-unsaturated/α-hetero) is 1. The molecule has 0 heterocycles. The lowest BCUT2D eigenvalue weighted by molar-refractivity contribution is 0.0764. The fraction of sp³-hybridized carbons (Fsp3) is 0.400. The van der Waals surface area contributed by atoms with Crippen LogP contribution in [-0.2, 0) is 0 Å². The maximum Gasteiger partial charge on any atom is 0.180 e. The van der Waals surface area contributed by atoms with E-state index in [4.69, 9.17) is 0 Å². The van der Waals surface area contributed by atoms with E-state index < -0.39 is 0 Å². The van der Waals surface area contributed by atoms with Gasteiger partial charge in [-0.2, -0.15) is 0 Å². The molecule has 0 spiro atoms. The summed E-state index contributed by atoms with van der Waals surface area (Å²) in [5.74, 6) is 0.139. The number of carbonyl (C=O) groups is 1. The van der Waals surface area contributed by atoms with Gasteiger partial charge in [-0.15, -0.1) is 6.58 Å². The topological polar surface area (TPSA) is 20.3 Å². The summed E-state index contributed by atoms with van der Waals surface area (Å²) in [5.41, 5.74) is 0.497. The van der Waals surface area contributed by atoms with Crippen molar-refractivity contribution in [2.75, 3.05) is 14.1 Å². The molecule has 17 heavy (non-hydrogen) atoms. The summed E-state index contributed by atoms with van der Waals surface area (Å²) in [6.07, 6.45) is 1.85.